The molecule has 2 aromatic rings. The number of fused-ring (bicyclic) bond motifs is 3. The Morgan fingerprint density at radius 2 is 1.82 bits per heavy atom. The smallest absolute Gasteiger partial charge is 0.271 e. The Kier molecular flexibility index (Phi) is 4.77. The highest BCUT2D eigenvalue weighted by Gasteiger charge is 2.64. The van der Waals surface area contributed by atoms with Gasteiger partial charge in [-0.3, -0.25) is 29.5 Å². The number of hydrazone groups is 1. The van der Waals surface area contributed by atoms with Crippen molar-refractivity contribution >= 4 is 35.2 Å². The summed E-state index contributed by atoms with van der Waals surface area (Å²) in [5.41, 5.74) is 0.0966. The lowest BCUT2D eigenvalue weighted by Crippen LogP contribution is -2.46. The molecule has 2 amide bonds. The van der Waals surface area contributed by atoms with Gasteiger partial charge in [-0.15, -0.1) is 0 Å². The van der Waals surface area contributed by atoms with E-state index in [2.05, 4.69) is 5.10 Å². The number of anilines is 1. The molecule has 2 saturated heterocycles. The van der Waals surface area contributed by atoms with Crippen LogP contribution in [0.1, 0.15) is 10.4 Å². The van der Waals surface area contributed by atoms with E-state index >= 15 is 0 Å². The number of nitro benzene ring substituents is 1. The van der Waals surface area contributed by atoms with Gasteiger partial charge >= 0.3 is 0 Å². The molecule has 10 heteroatoms. The topological polar surface area (TPSA) is 122 Å². The molecule has 4 unspecified atom stereocenters. The summed E-state index contributed by atoms with van der Waals surface area (Å²) in [4.78, 5) is 52.3. The molecule has 3 aliphatic heterocycles. The number of methoxy groups -OCH3 is 1. The summed E-state index contributed by atoms with van der Waals surface area (Å²) >= 11 is 0. The highest BCUT2D eigenvalue weighted by atomic mass is 16.6. The van der Waals surface area contributed by atoms with Crippen molar-refractivity contribution in [2.24, 2.45) is 16.9 Å². The van der Waals surface area contributed by atoms with Crippen molar-refractivity contribution < 1.29 is 24.0 Å². The van der Waals surface area contributed by atoms with Crippen LogP contribution in [0.4, 0.5) is 11.4 Å². The van der Waals surface area contributed by atoms with Gasteiger partial charge in [0.05, 0.1) is 29.9 Å². The van der Waals surface area contributed by atoms with Crippen molar-refractivity contribution in [3.05, 3.63) is 76.4 Å². The van der Waals surface area contributed by atoms with Crippen molar-refractivity contribution in [1.82, 2.24) is 5.01 Å². The third-order valence-electron chi connectivity index (χ3n) is 6.23. The first kappa shape index (κ1) is 20.6. The van der Waals surface area contributed by atoms with E-state index in [1.165, 1.54) is 30.5 Å². The Bertz CT molecular complexity index is 1240. The zero-order valence-electron chi connectivity index (χ0n) is 17.4. The number of ether oxygens (including phenoxy) is 1. The van der Waals surface area contributed by atoms with Gasteiger partial charge in [-0.05, 0) is 12.1 Å². The predicted molar refractivity (Wildman–Crippen MR) is 117 cm³/mol. The Hall–Kier alpha value is -4.34. The number of ketones is 1. The number of rotatable bonds is 5. The molecule has 3 heterocycles. The van der Waals surface area contributed by atoms with Crippen LogP contribution in [0.2, 0.25) is 0 Å². The lowest BCUT2D eigenvalue weighted by molar-refractivity contribution is -0.384. The molecule has 0 aliphatic carbocycles. The molecule has 166 valence electrons. The molecule has 5 rings (SSSR count). The van der Waals surface area contributed by atoms with Crippen LogP contribution in [0.5, 0.6) is 5.75 Å². The van der Waals surface area contributed by atoms with Crippen molar-refractivity contribution in [3.63, 3.8) is 0 Å². The van der Waals surface area contributed by atoms with Gasteiger partial charge in [0.2, 0.25) is 11.8 Å². The Labute approximate surface area is 187 Å². The molecule has 0 saturated carbocycles. The number of imide groups is 1. The molecule has 3 aliphatic rings. The SMILES string of the molecule is COc1ccc([N+](=O)[O-])cc1N1C(=O)C2C(C1=O)C(C(=O)c1ccccc1)N1N=CC=CC21. The first-order valence-corrected chi connectivity index (χ1v) is 10.2. The lowest BCUT2D eigenvalue weighted by Gasteiger charge is -2.30. The minimum Gasteiger partial charge on any atom is -0.495 e. The summed E-state index contributed by atoms with van der Waals surface area (Å²) in [6.07, 6.45) is 4.92. The largest absolute Gasteiger partial charge is 0.495 e. The van der Waals surface area contributed by atoms with Crippen LogP contribution in [-0.4, -0.2) is 52.9 Å². The van der Waals surface area contributed by atoms with E-state index in [0.29, 0.717) is 5.56 Å². The fourth-order valence-corrected chi connectivity index (χ4v) is 4.81. The summed E-state index contributed by atoms with van der Waals surface area (Å²) in [5.74, 6) is -3.22. The molecule has 0 spiro atoms. The molecule has 33 heavy (non-hydrogen) atoms. The molecule has 10 nitrogen and oxygen atoms in total. The van der Waals surface area contributed by atoms with Crippen LogP contribution in [0.15, 0.2) is 65.8 Å². The lowest BCUT2D eigenvalue weighted by atomic mass is 9.86. The average molecular weight is 446 g/mol. The number of non-ortho nitro benzene ring substituents is 1. The molecule has 0 bridgehead atoms. The summed E-state index contributed by atoms with van der Waals surface area (Å²) in [5, 5.41) is 17.1. The number of amides is 2. The minimum absolute atomic E-state index is 0.0168. The quantitative estimate of drug-likeness (QED) is 0.299. The van der Waals surface area contributed by atoms with Crippen molar-refractivity contribution in [3.8, 4) is 5.75 Å². The minimum atomic E-state index is -1.00. The molecule has 2 fully saturated rings. The number of allylic oxidation sites excluding steroid dienone is 1. The third kappa shape index (κ3) is 3.02. The standard InChI is InChI=1S/C23H18N4O6/c1-33-17-10-9-14(27(31)32)12-16(17)25-22(29)18-15-8-5-11-24-26(15)20(19(18)23(25)30)21(28)13-6-3-2-4-7-13/h2-12,15,18-20H,1H3. The summed E-state index contributed by atoms with van der Waals surface area (Å²) in [7, 11) is 1.35. The second-order valence-corrected chi connectivity index (χ2v) is 7.87. The van der Waals surface area contributed by atoms with Crippen molar-refractivity contribution in [2.45, 2.75) is 12.1 Å². The molecule has 0 radical (unpaired) electrons. The van der Waals surface area contributed by atoms with Gasteiger partial charge in [0.1, 0.15) is 17.5 Å². The van der Waals surface area contributed by atoms with Crippen LogP contribution in [0.25, 0.3) is 0 Å². The normalized spacial score (nSPS) is 25.2. The Balaban J connectivity index is 1.61. The number of Topliss-reactive ketones (excluding diaryl/α,β-unsaturated/α-hetero) is 1. The predicted octanol–water partition coefficient (Wildman–Crippen LogP) is 2.20. The van der Waals surface area contributed by atoms with Crippen LogP contribution >= 0.6 is 0 Å². The number of carbonyl (C=O) groups excluding carboxylic acids is 3. The van der Waals surface area contributed by atoms with Gasteiger partial charge in [-0.2, -0.15) is 5.10 Å². The maximum atomic E-state index is 13.7. The van der Waals surface area contributed by atoms with Gasteiger partial charge in [-0.1, -0.05) is 36.4 Å². The van der Waals surface area contributed by atoms with Gasteiger partial charge in [0.15, 0.2) is 5.78 Å². The maximum Gasteiger partial charge on any atom is 0.271 e. The first-order valence-electron chi connectivity index (χ1n) is 10.2. The molecule has 4 atom stereocenters. The number of hydrogen-bond acceptors (Lipinski definition) is 8. The fraction of sp³-hybridized carbons (Fsp3) is 0.217. The van der Waals surface area contributed by atoms with Gasteiger partial charge in [0.25, 0.3) is 5.69 Å². The number of nitro groups is 1. The van der Waals surface area contributed by atoms with E-state index in [1.54, 1.807) is 42.5 Å². The van der Waals surface area contributed by atoms with E-state index in [4.69, 9.17) is 4.74 Å². The third-order valence-corrected chi connectivity index (χ3v) is 6.23. The van der Waals surface area contributed by atoms with E-state index < -0.39 is 40.7 Å². The molecule has 0 aromatic heterocycles. The summed E-state index contributed by atoms with van der Waals surface area (Å²) in [6.45, 7) is 0. The number of benzene rings is 2. The Morgan fingerprint density at radius 3 is 2.52 bits per heavy atom. The van der Waals surface area contributed by atoms with E-state index in [-0.39, 0.29) is 22.9 Å². The number of hydrogen-bond donors (Lipinski definition) is 0. The molecular weight excluding hydrogens is 428 g/mol. The zero-order chi connectivity index (χ0) is 23.3. The van der Waals surface area contributed by atoms with Crippen LogP contribution in [0, 0.1) is 22.0 Å². The highest BCUT2D eigenvalue weighted by Crippen LogP contribution is 2.48. The van der Waals surface area contributed by atoms with Crippen molar-refractivity contribution in [2.75, 3.05) is 12.0 Å². The summed E-state index contributed by atoms with van der Waals surface area (Å²) in [6, 6.07) is 10.6. The van der Waals surface area contributed by atoms with E-state index in [1.807, 2.05) is 0 Å². The number of nitrogens with zero attached hydrogens (tertiary/aromatic N) is 4. The molecule has 0 N–H and O–H groups in total. The Morgan fingerprint density at radius 1 is 1.09 bits per heavy atom. The van der Waals surface area contributed by atoms with Gasteiger partial charge in [-0.25, -0.2) is 4.90 Å². The highest BCUT2D eigenvalue weighted by molar-refractivity contribution is 6.25. The van der Waals surface area contributed by atoms with Gasteiger partial charge in [0, 0.05) is 23.9 Å². The second kappa shape index (κ2) is 7.66. The van der Waals surface area contributed by atoms with E-state index in [9.17, 15) is 24.5 Å². The molecular formula is C23H18N4O6. The first-order chi connectivity index (χ1) is 15.9. The molecule has 2 aromatic carbocycles. The van der Waals surface area contributed by atoms with Gasteiger partial charge < -0.3 is 4.74 Å². The monoisotopic (exact) mass is 446 g/mol. The second-order valence-electron chi connectivity index (χ2n) is 7.87. The van der Waals surface area contributed by atoms with Crippen LogP contribution in [0.3, 0.4) is 0 Å². The zero-order valence-corrected chi connectivity index (χ0v) is 17.4. The maximum absolute atomic E-state index is 13.7. The fourth-order valence-electron chi connectivity index (χ4n) is 4.81. The number of carbonyl (C=O) groups is 3. The van der Waals surface area contributed by atoms with Crippen LogP contribution < -0.4 is 9.64 Å². The van der Waals surface area contributed by atoms with Crippen molar-refractivity contribution in [1.29, 1.82) is 0 Å². The average Bonchev–Trinajstić information content (AvgIpc) is 3.31. The summed E-state index contributed by atoms with van der Waals surface area (Å²) < 4.78 is 5.28. The van der Waals surface area contributed by atoms with Crippen LogP contribution in [-0.2, 0) is 9.59 Å². The van der Waals surface area contributed by atoms with E-state index in [0.717, 1.165) is 11.0 Å².